The Kier molecular flexibility index (Phi) is 7.80. The Labute approximate surface area is 155 Å². The van der Waals surface area contributed by atoms with Crippen LogP contribution in [0, 0.1) is 0 Å². The number of hydrogen-bond acceptors (Lipinski definition) is 3. The number of halogens is 1. The third kappa shape index (κ3) is 6.09. The molecule has 0 atom stereocenters. The normalized spacial score (nSPS) is 14.7. The van der Waals surface area contributed by atoms with E-state index in [2.05, 4.69) is 24.1 Å². The summed E-state index contributed by atoms with van der Waals surface area (Å²) in [5.41, 5.74) is 3.47. The van der Waals surface area contributed by atoms with Gasteiger partial charge in [0.25, 0.3) is 0 Å². The summed E-state index contributed by atoms with van der Waals surface area (Å²) >= 11 is 5.86. The number of azo groups is 1. The molecule has 0 unspecified atom stereocenters. The monoisotopic (exact) mass is 356 g/mol. The van der Waals surface area contributed by atoms with E-state index < -0.39 is 0 Å². The van der Waals surface area contributed by atoms with Crippen LogP contribution in [0.1, 0.15) is 52.4 Å². The number of carbonyl (C=O) groups is 1. The first-order valence-electron chi connectivity index (χ1n) is 8.96. The first kappa shape index (κ1) is 19.3. The van der Waals surface area contributed by atoms with Gasteiger partial charge in [0, 0.05) is 16.2 Å². The van der Waals surface area contributed by atoms with Crippen molar-refractivity contribution in [1.29, 1.82) is 0 Å². The average Bonchev–Trinajstić information content (AvgIpc) is 2.62. The Morgan fingerprint density at radius 3 is 2.04 bits per heavy atom. The number of rotatable bonds is 8. The van der Waals surface area contributed by atoms with Gasteiger partial charge in [-0.2, -0.15) is 10.2 Å². The van der Waals surface area contributed by atoms with Crippen molar-refractivity contribution in [2.75, 3.05) is 0 Å². The van der Waals surface area contributed by atoms with Crippen molar-refractivity contribution in [3.8, 4) is 0 Å². The number of unbranched alkanes of at least 4 members (excludes halogenated alkanes) is 2. The van der Waals surface area contributed by atoms with E-state index in [9.17, 15) is 4.79 Å². The zero-order valence-corrected chi connectivity index (χ0v) is 15.7. The van der Waals surface area contributed by atoms with E-state index in [1.54, 1.807) is 18.3 Å². The summed E-state index contributed by atoms with van der Waals surface area (Å²) in [6.07, 6.45) is 11.5. The maximum atomic E-state index is 12.6. The Morgan fingerprint density at radius 2 is 1.52 bits per heavy atom. The number of nitrogens with zero attached hydrogens (tertiary/aromatic N) is 2. The van der Waals surface area contributed by atoms with Crippen LogP contribution >= 0.6 is 11.6 Å². The van der Waals surface area contributed by atoms with E-state index in [-0.39, 0.29) is 5.78 Å². The predicted molar refractivity (Wildman–Crippen MR) is 104 cm³/mol. The van der Waals surface area contributed by atoms with Crippen LogP contribution in [-0.2, 0) is 4.79 Å². The fraction of sp³-hybridized carbons (Fsp3) is 0.381. The van der Waals surface area contributed by atoms with Gasteiger partial charge in [-0.25, -0.2) is 0 Å². The van der Waals surface area contributed by atoms with Gasteiger partial charge in [0.2, 0.25) is 0 Å². The first-order chi connectivity index (χ1) is 12.1. The van der Waals surface area contributed by atoms with Crippen LogP contribution in [0.5, 0.6) is 0 Å². The fourth-order valence-corrected chi connectivity index (χ4v) is 2.76. The summed E-state index contributed by atoms with van der Waals surface area (Å²) in [7, 11) is 0. The van der Waals surface area contributed by atoms with Crippen molar-refractivity contribution >= 4 is 23.1 Å². The molecule has 3 nitrogen and oxygen atoms in total. The largest absolute Gasteiger partial charge is 0.289 e. The molecule has 2 rings (SSSR count). The van der Waals surface area contributed by atoms with Gasteiger partial charge < -0.3 is 0 Å². The molecular weight excluding hydrogens is 332 g/mol. The van der Waals surface area contributed by atoms with E-state index in [0.29, 0.717) is 5.02 Å². The maximum absolute atomic E-state index is 12.6. The second kappa shape index (κ2) is 10.1. The molecule has 4 heteroatoms. The molecule has 0 spiro atoms. The van der Waals surface area contributed by atoms with Crippen LogP contribution in [-0.4, -0.2) is 5.78 Å². The summed E-state index contributed by atoms with van der Waals surface area (Å²) in [4.78, 5) is 12.6. The van der Waals surface area contributed by atoms with Crippen molar-refractivity contribution in [3.63, 3.8) is 0 Å². The standard InChI is InChI=1S/C21H25ClN2O/c1-3-5-7-17-13-16(14-18(21(17)25)8-6-4-2)15-23-24-20-11-9-19(22)10-12-20/h9-15H,3-8H2,1-2H3/b24-23+. The van der Waals surface area contributed by atoms with E-state index in [1.807, 2.05) is 24.3 Å². The topological polar surface area (TPSA) is 41.8 Å². The summed E-state index contributed by atoms with van der Waals surface area (Å²) < 4.78 is 0. The van der Waals surface area contributed by atoms with Gasteiger partial charge in [-0.15, -0.1) is 0 Å². The zero-order chi connectivity index (χ0) is 18.1. The lowest BCUT2D eigenvalue weighted by atomic mass is 9.88. The molecule has 1 aromatic rings. The molecule has 0 aromatic heterocycles. The summed E-state index contributed by atoms with van der Waals surface area (Å²) in [6.45, 7) is 4.28. The predicted octanol–water partition coefficient (Wildman–Crippen LogP) is 7.12. The highest BCUT2D eigenvalue weighted by molar-refractivity contribution is 6.30. The highest BCUT2D eigenvalue weighted by atomic mass is 35.5. The van der Waals surface area contributed by atoms with E-state index in [0.717, 1.165) is 60.9 Å². The van der Waals surface area contributed by atoms with Crippen LogP contribution in [0.2, 0.25) is 5.02 Å². The van der Waals surface area contributed by atoms with Crippen LogP contribution in [0.4, 0.5) is 5.69 Å². The van der Waals surface area contributed by atoms with Crippen LogP contribution in [0.15, 0.2) is 69.6 Å². The molecule has 132 valence electrons. The van der Waals surface area contributed by atoms with Gasteiger partial charge in [-0.05, 0) is 67.7 Å². The van der Waals surface area contributed by atoms with Crippen LogP contribution < -0.4 is 0 Å². The Balaban J connectivity index is 2.18. The van der Waals surface area contributed by atoms with E-state index >= 15 is 0 Å². The summed E-state index contributed by atoms with van der Waals surface area (Å²) in [5.74, 6) is 0.202. The number of allylic oxidation sites excluding steroid dienone is 5. The number of Topliss-reactive ketones (excluding diaryl/α,β-unsaturated/α-hetero) is 1. The molecule has 0 N–H and O–H groups in total. The Morgan fingerprint density at radius 1 is 0.960 bits per heavy atom. The van der Waals surface area contributed by atoms with Gasteiger partial charge in [0.1, 0.15) is 0 Å². The SMILES string of the molecule is CCCCC1=CC(=C/N=N/c2ccc(Cl)cc2)C=C(CCCC)C1=O. The minimum absolute atomic E-state index is 0.202. The van der Waals surface area contributed by atoms with Gasteiger partial charge in [-0.3, -0.25) is 4.79 Å². The molecule has 25 heavy (non-hydrogen) atoms. The van der Waals surface area contributed by atoms with E-state index in [4.69, 9.17) is 11.6 Å². The lowest BCUT2D eigenvalue weighted by Crippen LogP contribution is -2.11. The number of benzene rings is 1. The molecule has 0 aliphatic heterocycles. The van der Waals surface area contributed by atoms with Crippen molar-refractivity contribution in [1.82, 2.24) is 0 Å². The van der Waals surface area contributed by atoms with Crippen LogP contribution in [0.25, 0.3) is 0 Å². The molecule has 0 fully saturated rings. The first-order valence-corrected chi connectivity index (χ1v) is 9.34. The minimum atomic E-state index is 0.202. The zero-order valence-electron chi connectivity index (χ0n) is 15.0. The third-order valence-corrected chi connectivity index (χ3v) is 4.32. The summed E-state index contributed by atoms with van der Waals surface area (Å²) in [6, 6.07) is 7.21. The molecule has 1 aromatic carbocycles. The second-order valence-electron chi connectivity index (χ2n) is 6.20. The molecular formula is C21H25ClN2O. The molecule has 0 heterocycles. The molecule has 0 saturated carbocycles. The molecule has 0 radical (unpaired) electrons. The molecule has 1 aliphatic carbocycles. The smallest absolute Gasteiger partial charge is 0.185 e. The van der Waals surface area contributed by atoms with Gasteiger partial charge in [0.15, 0.2) is 5.78 Å². The quantitative estimate of drug-likeness (QED) is 0.457. The molecule has 0 amide bonds. The van der Waals surface area contributed by atoms with Crippen molar-refractivity contribution in [2.45, 2.75) is 52.4 Å². The highest BCUT2D eigenvalue weighted by Gasteiger charge is 2.19. The minimum Gasteiger partial charge on any atom is -0.289 e. The van der Waals surface area contributed by atoms with Crippen molar-refractivity contribution in [3.05, 3.63) is 64.4 Å². The molecule has 0 saturated heterocycles. The Bertz CT molecular complexity index is 682. The lowest BCUT2D eigenvalue weighted by Gasteiger charge is -2.15. The van der Waals surface area contributed by atoms with Gasteiger partial charge in [-0.1, -0.05) is 38.3 Å². The molecule has 1 aliphatic rings. The maximum Gasteiger partial charge on any atom is 0.185 e. The molecule has 0 bridgehead atoms. The second-order valence-corrected chi connectivity index (χ2v) is 6.63. The lowest BCUT2D eigenvalue weighted by molar-refractivity contribution is -0.112. The number of hydrogen-bond donors (Lipinski definition) is 0. The van der Waals surface area contributed by atoms with Gasteiger partial charge >= 0.3 is 0 Å². The van der Waals surface area contributed by atoms with Gasteiger partial charge in [0.05, 0.1) is 11.9 Å². The summed E-state index contributed by atoms with van der Waals surface area (Å²) in [5, 5.41) is 9.03. The average molecular weight is 357 g/mol. The fourth-order valence-electron chi connectivity index (χ4n) is 2.63. The van der Waals surface area contributed by atoms with Crippen molar-refractivity contribution in [2.24, 2.45) is 10.2 Å². The Hall–Kier alpha value is -2.00. The number of carbonyl (C=O) groups excluding carboxylic acids is 1. The third-order valence-electron chi connectivity index (χ3n) is 4.07. The van der Waals surface area contributed by atoms with Crippen molar-refractivity contribution < 1.29 is 4.79 Å². The van der Waals surface area contributed by atoms with Crippen LogP contribution in [0.3, 0.4) is 0 Å². The number of ketones is 1. The van der Waals surface area contributed by atoms with E-state index in [1.165, 1.54) is 0 Å². The highest BCUT2D eigenvalue weighted by Crippen LogP contribution is 2.26.